The molecule has 0 aliphatic carbocycles. The predicted molar refractivity (Wildman–Crippen MR) is 95.3 cm³/mol. The van der Waals surface area contributed by atoms with Crippen LogP contribution < -0.4 is 14.8 Å². The summed E-state index contributed by atoms with van der Waals surface area (Å²) in [4.78, 5) is 23.5. The number of aliphatic carboxylic acids is 1. The Morgan fingerprint density at radius 3 is 2.50 bits per heavy atom. The number of carbonyl (C=O) groups is 2. The molecule has 0 spiro atoms. The minimum Gasteiger partial charge on any atom is -0.485 e. The molecular formula is C20H21NO5. The van der Waals surface area contributed by atoms with Crippen molar-refractivity contribution in [2.75, 3.05) is 6.61 Å². The van der Waals surface area contributed by atoms with Crippen LogP contribution in [0, 0.1) is 0 Å². The van der Waals surface area contributed by atoms with Crippen molar-refractivity contribution < 1.29 is 24.2 Å². The summed E-state index contributed by atoms with van der Waals surface area (Å²) in [6, 6.07) is 16.6. The number of carboxylic acid groups (broad SMARTS) is 1. The van der Waals surface area contributed by atoms with E-state index >= 15 is 0 Å². The predicted octanol–water partition coefficient (Wildman–Crippen LogP) is 2.42. The number of para-hydroxylation sites is 2. The van der Waals surface area contributed by atoms with Crippen molar-refractivity contribution in [3.63, 3.8) is 0 Å². The van der Waals surface area contributed by atoms with E-state index < -0.39 is 12.1 Å². The van der Waals surface area contributed by atoms with Crippen molar-refractivity contribution in [3.05, 3.63) is 60.2 Å². The Labute approximate surface area is 151 Å². The molecule has 6 heteroatoms. The molecule has 0 fully saturated rings. The Balaban J connectivity index is 1.63. The number of benzene rings is 2. The van der Waals surface area contributed by atoms with Crippen LogP contribution in [0.4, 0.5) is 0 Å². The number of hydrogen-bond donors (Lipinski definition) is 2. The molecule has 0 aromatic heterocycles. The maximum absolute atomic E-state index is 12.6. The zero-order valence-electron chi connectivity index (χ0n) is 14.3. The molecule has 0 radical (unpaired) electrons. The Morgan fingerprint density at radius 2 is 1.77 bits per heavy atom. The van der Waals surface area contributed by atoms with Crippen molar-refractivity contribution in [1.82, 2.24) is 5.32 Å². The van der Waals surface area contributed by atoms with Crippen molar-refractivity contribution >= 4 is 11.9 Å². The van der Waals surface area contributed by atoms with Crippen molar-refractivity contribution in [2.45, 2.75) is 31.4 Å². The van der Waals surface area contributed by atoms with Crippen LogP contribution in [-0.2, 0) is 16.0 Å². The Hall–Kier alpha value is -3.02. The van der Waals surface area contributed by atoms with Gasteiger partial charge in [0.05, 0.1) is 0 Å². The number of rotatable bonds is 7. The fraction of sp³-hybridized carbons (Fsp3) is 0.300. The molecule has 2 N–H and O–H groups in total. The molecule has 2 aromatic carbocycles. The van der Waals surface area contributed by atoms with Gasteiger partial charge in [0.2, 0.25) is 6.10 Å². The molecule has 3 rings (SSSR count). The van der Waals surface area contributed by atoms with Gasteiger partial charge in [0.1, 0.15) is 6.61 Å². The van der Waals surface area contributed by atoms with E-state index in [1.807, 2.05) is 42.5 Å². The topological polar surface area (TPSA) is 84.9 Å². The van der Waals surface area contributed by atoms with Gasteiger partial charge in [-0.2, -0.15) is 0 Å². The van der Waals surface area contributed by atoms with Gasteiger partial charge in [-0.1, -0.05) is 42.5 Å². The standard InChI is InChI=1S/C20H21NO5/c22-19(23)11-10-15(12-14-6-2-1-3-7-14)21-20(24)18-13-25-16-8-4-5-9-17(16)26-18/h1-9,15,18H,10-13H2,(H,21,24)(H,22,23). The fourth-order valence-corrected chi connectivity index (χ4v) is 2.86. The van der Waals surface area contributed by atoms with Crippen LogP contribution in [0.15, 0.2) is 54.6 Å². The van der Waals surface area contributed by atoms with Crippen molar-refractivity contribution in [3.8, 4) is 11.5 Å². The number of carbonyl (C=O) groups excluding carboxylic acids is 1. The minimum atomic E-state index is -0.886. The Morgan fingerprint density at radius 1 is 1.08 bits per heavy atom. The largest absolute Gasteiger partial charge is 0.485 e. The van der Waals surface area contributed by atoms with E-state index in [1.54, 1.807) is 12.1 Å². The summed E-state index contributed by atoms with van der Waals surface area (Å²) in [5.74, 6) is -0.0402. The maximum Gasteiger partial charge on any atom is 0.303 e. The number of fused-ring (bicyclic) bond motifs is 1. The first-order valence-electron chi connectivity index (χ1n) is 8.56. The summed E-state index contributed by atoms with van der Waals surface area (Å²) in [5, 5.41) is 11.9. The molecular weight excluding hydrogens is 334 g/mol. The van der Waals surface area contributed by atoms with Crippen LogP contribution in [0.25, 0.3) is 0 Å². The lowest BCUT2D eigenvalue weighted by Crippen LogP contribution is -2.48. The Kier molecular flexibility index (Phi) is 5.73. The molecule has 1 aliphatic rings. The molecule has 0 bridgehead atoms. The van der Waals surface area contributed by atoms with E-state index in [2.05, 4.69) is 5.32 Å². The lowest BCUT2D eigenvalue weighted by molar-refractivity contribution is -0.138. The monoisotopic (exact) mass is 355 g/mol. The second-order valence-electron chi connectivity index (χ2n) is 6.19. The minimum absolute atomic E-state index is 0.0113. The van der Waals surface area contributed by atoms with E-state index in [1.165, 1.54) is 0 Å². The fourth-order valence-electron chi connectivity index (χ4n) is 2.86. The van der Waals surface area contributed by atoms with Crippen molar-refractivity contribution in [1.29, 1.82) is 0 Å². The zero-order chi connectivity index (χ0) is 18.4. The third-order valence-electron chi connectivity index (χ3n) is 4.18. The van der Waals surface area contributed by atoms with Gasteiger partial charge < -0.3 is 19.9 Å². The maximum atomic E-state index is 12.6. The second kappa shape index (κ2) is 8.38. The molecule has 0 saturated carbocycles. The van der Waals surface area contributed by atoms with Crippen LogP contribution >= 0.6 is 0 Å². The van der Waals surface area contributed by atoms with Gasteiger partial charge in [-0.05, 0) is 30.5 Å². The van der Waals surface area contributed by atoms with E-state index in [4.69, 9.17) is 14.6 Å². The zero-order valence-corrected chi connectivity index (χ0v) is 14.3. The third-order valence-corrected chi connectivity index (χ3v) is 4.18. The molecule has 136 valence electrons. The molecule has 2 aromatic rings. The van der Waals surface area contributed by atoms with Gasteiger partial charge in [0.25, 0.3) is 5.91 Å². The number of hydrogen-bond acceptors (Lipinski definition) is 4. The van der Waals surface area contributed by atoms with Gasteiger partial charge in [-0.3, -0.25) is 9.59 Å². The Bertz CT molecular complexity index is 762. The van der Waals surface area contributed by atoms with Gasteiger partial charge in [0, 0.05) is 12.5 Å². The lowest BCUT2D eigenvalue weighted by Gasteiger charge is -2.27. The van der Waals surface area contributed by atoms with Crippen LogP contribution in [0.5, 0.6) is 11.5 Å². The summed E-state index contributed by atoms with van der Waals surface area (Å²) in [5.41, 5.74) is 1.04. The summed E-state index contributed by atoms with van der Waals surface area (Å²) in [7, 11) is 0. The summed E-state index contributed by atoms with van der Waals surface area (Å²) < 4.78 is 11.3. The first kappa shape index (κ1) is 17.8. The van der Waals surface area contributed by atoms with Crippen LogP contribution in [0.3, 0.4) is 0 Å². The molecule has 1 heterocycles. The first-order chi connectivity index (χ1) is 12.6. The van der Waals surface area contributed by atoms with Gasteiger partial charge >= 0.3 is 5.97 Å². The SMILES string of the molecule is O=C(O)CCC(Cc1ccccc1)NC(=O)C1COc2ccccc2O1. The highest BCUT2D eigenvalue weighted by atomic mass is 16.6. The molecule has 1 amide bonds. The summed E-state index contributed by atoms with van der Waals surface area (Å²) >= 11 is 0. The smallest absolute Gasteiger partial charge is 0.303 e. The third kappa shape index (κ3) is 4.75. The van der Waals surface area contributed by atoms with Gasteiger partial charge in [-0.15, -0.1) is 0 Å². The van der Waals surface area contributed by atoms with Crippen LogP contribution in [-0.4, -0.2) is 35.7 Å². The van der Waals surface area contributed by atoms with E-state index in [0.717, 1.165) is 5.56 Å². The molecule has 1 aliphatic heterocycles. The molecule has 2 atom stereocenters. The summed E-state index contributed by atoms with van der Waals surface area (Å²) in [6.07, 6.45) is 0.139. The van der Waals surface area contributed by atoms with E-state index in [9.17, 15) is 9.59 Å². The highest BCUT2D eigenvalue weighted by Crippen LogP contribution is 2.30. The van der Waals surface area contributed by atoms with Crippen molar-refractivity contribution in [2.24, 2.45) is 0 Å². The van der Waals surface area contributed by atoms with Crippen LogP contribution in [0.1, 0.15) is 18.4 Å². The average molecular weight is 355 g/mol. The van der Waals surface area contributed by atoms with Crippen LogP contribution in [0.2, 0.25) is 0 Å². The number of amides is 1. The highest BCUT2D eigenvalue weighted by Gasteiger charge is 2.28. The lowest BCUT2D eigenvalue weighted by atomic mass is 10.0. The molecule has 0 saturated heterocycles. The average Bonchev–Trinajstić information content (AvgIpc) is 2.66. The highest BCUT2D eigenvalue weighted by molar-refractivity contribution is 5.82. The number of ether oxygens (including phenoxy) is 2. The summed E-state index contributed by atoms with van der Waals surface area (Å²) in [6.45, 7) is 0.125. The van der Waals surface area contributed by atoms with Gasteiger partial charge in [-0.25, -0.2) is 0 Å². The molecule has 2 unspecified atom stereocenters. The van der Waals surface area contributed by atoms with E-state index in [-0.39, 0.29) is 25.0 Å². The van der Waals surface area contributed by atoms with Gasteiger partial charge in [0.15, 0.2) is 11.5 Å². The number of carboxylic acids is 1. The number of nitrogens with one attached hydrogen (secondary N) is 1. The molecule has 6 nitrogen and oxygen atoms in total. The van der Waals surface area contributed by atoms with E-state index in [0.29, 0.717) is 24.3 Å². The molecule has 26 heavy (non-hydrogen) atoms. The first-order valence-corrected chi connectivity index (χ1v) is 8.56. The second-order valence-corrected chi connectivity index (χ2v) is 6.19. The quantitative estimate of drug-likeness (QED) is 0.797. The normalized spacial score (nSPS) is 16.5.